The fourth-order valence-electron chi connectivity index (χ4n) is 3.56. The highest BCUT2D eigenvalue weighted by Gasteiger charge is 2.26. The Labute approximate surface area is 159 Å². The molecule has 3 rings (SSSR count). The molecule has 2 amide bonds. The lowest BCUT2D eigenvalue weighted by Crippen LogP contribution is -2.42. The van der Waals surface area contributed by atoms with E-state index in [0.29, 0.717) is 17.8 Å². The molecule has 0 saturated heterocycles. The van der Waals surface area contributed by atoms with Crippen LogP contribution in [0.2, 0.25) is 0 Å². The number of carbonyl (C=O) groups is 2. The van der Waals surface area contributed by atoms with Crippen molar-refractivity contribution in [1.82, 2.24) is 9.88 Å². The highest BCUT2D eigenvalue weighted by atomic mass is 16.2. The summed E-state index contributed by atoms with van der Waals surface area (Å²) < 4.78 is 0. The number of pyridine rings is 1. The van der Waals surface area contributed by atoms with Gasteiger partial charge in [-0.05, 0) is 55.5 Å². The van der Waals surface area contributed by atoms with Crippen LogP contribution in [0.15, 0.2) is 48.8 Å². The Bertz CT molecular complexity index is 786. The average Bonchev–Trinajstić information content (AvgIpc) is 2.68. The van der Waals surface area contributed by atoms with E-state index < -0.39 is 0 Å². The van der Waals surface area contributed by atoms with E-state index >= 15 is 0 Å². The van der Waals surface area contributed by atoms with Crippen LogP contribution in [0.4, 0.5) is 5.69 Å². The lowest BCUT2D eigenvalue weighted by atomic mass is 9.90. The van der Waals surface area contributed by atoms with Gasteiger partial charge in [0.2, 0.25) is 5.91 Å². The van der Waals surface area contributed by atoms with Crippen molar-refractivity contribution >= 4 is 17.5 Å². The molecule has 0 radical (unpaired) electrons. The van der Waals surface area contributed by atoms with Crippen molar-refractivity contribution in [3.05, 3.63) is 59.9 Å². The van der Waals surface area contributed by atoms with Gasteiger partial charge in [-0.15, -0.1) is 0 Å². The van der Waals surface area contributed by atoms with E-state index in [4.69, 9.17) is 5.73 Å². The molecule has 6 heteroatoms. The van der Waals surface area contributed by atoms with Crippen LogP contribution in [0.1, 0.15) is 48.5 Å². The van der Waals surface area contributed by atoms with Crippen LogP contribution in [-0.4, -0.2) is 33.8 Å². The summed E-state index contributed by atoms with van der Waals surface area (Å²) >= 11 is 0. The molecule has 1 aliphatic rings. The van der Waals surface area contributed by atoms with E-state index in [1.54, 1.807) is 25.3 Å². The fourth-order valence-corrected chi connectivity index (χ4v) is 3.56. The van der Waals surface area contributed by atoms with Gasteiger partial charge < -0.3 is 16.0 Å². The van der Waals surface area contributed by atoms with Crippen LogP contribution >= 0.6 is 0 Å². The van der Waals surface area contributed by atoms with E-state index in [-0.39, 0.29) is 23.9 Å². The molecule has 0 aliphatic heterocycles. The highest BCUT2D eigenvalue weighted by molar-refractivity contribution is 6.04. The molecule has 0 unspecified atom stereocenters. The van der Waals surface area contributed by atoms with Gasteiger partial charge in [0.1, 0.15) is 0 Å². The summed E-state index contributed by atoms with van der Waals surface area (Å²) in [5, 5.41) is 2.89. The standard InChI is InChI=1S/C21H26N4O2/c1-15(26)25(20-9-7-18(22)8-10-20)14-16-4-2-6-19(12-16)24-21(27)17-5-3-11-23-13-17/h2-6,11-13,18,20H,7-10,14,22H2,1H3,(H,24,27). The monoisotopic (exact) mass is 366 g/mol. The Morgan fingerprint density at radius 3 is 2.63 bits per heavy atom. The smallest absolute Gasteiger partial charge is 0.257 e. The molecule has 27 heavy (non-hydrogen) atoms. The second-order valence-electron chi connectivity index (χ2n) is 7.11. The topological polar surface area (TPSA) is 88.3 Å². The van der Waals surface area contributed by atoms with E-state index in [1.165, 1.54) is 6.20 Å². The van der Waals surface area contributed by atoms with E-state index in [1.807, 2.05) is 29.2 Å². The van der Waals surface area contributed by atoms with Crippen molar-refractivity contribution in [3.63, 3.8) is 0 Å². The van der Waals surface area contributed by atoms with E-state index in [2.05, 4.69) is 10.3 Å². The third-order valence-corrected chi connectivity index (χ3v) is 5.05. The van der Waals surface area contributed by atoms with Gasteiger partial charge in [-0.1, -0.05) is 12.1 Å². The van der Waals surface area contributed by atoms with Gasteiger partial charge in [-0.3, -0.25) is 14.6 Å². The number of hydrogen-bond donors (Lipinski definition) is 2. The Morgan fingerprint density at radius 1 is 1.19 bits per heavy atom. The van der Waals surface area contributed by atoms with E-state index in [0.717, 1.165) is 31.2 Å². The molecule has 0 spiro atoms. The maximum absolute atomic E-state index is 12.3. The molecule has 1 fully saturated rings. The predicted octanol–water partition coefficient (Wildman–Crippen LogP) is 2.95. The zero-order chi connectivity index (χ0) is 19.2. The summed E-state index contributed by atoms with van der Waals surface area (Å²) in [6, 6.07) is 11.6. The lowest BCUT2D eigenvalue weighted by Gasteiger charge is -2.35. The molecule has 0 bridgehead atoms. The number of hydrogen-bond acceptors (Lipinski definition) is 4. The number of nitrogens with zero attached hydrogens (tertiary/aromatic N) is 2. The van der Waals surface area contributed by atoms with Crippen LogP contribution in [0.3, 0.4) is 0 Å². The second-order valence-corrected chi connectivity index (χ2v) is 7.11. The van der Waals surface area contributed by atoms with Gasteiger partial charge in [0, 0.05) is 43.6 Å². The first-order valence-electron chi connectivity index (χ1n) is 9.36. The molecular weight excluding hydrogens is 340 g/mol. The number of benzene rings is 1. The van der Waals surface area contributed by atoms with Gasteiger partial charge in [-0.25, -0.2) is 0 Å². The number of aromatic nitrogens is 1. The van der Waals surface area contributed by atoms with Gasteiger partial charge in [-0.2, -0.15) is 0 Å². The van der Waals surface area contributed by atoms with Gasteiger partial charge in [0.25, 0.3) is 5.91 Å². The molecular formula is C21H26N4O2. The normalized spacial score (nSPS) is 19.3. The van der Waals surface area contributed by atoms with Crippen LogP contribution in [0.5, 0.6) is 0 Å². The predicted molar refractivity (Wildman–Crippen MR) is 105 cm³/mol. The Kier molecular flexibility index (Phi) is 6.19. The summed E-state index contributed by atoms with van der Waals surface area (Å²) in [6.07, 6.45) is 6.96. The molecule has 142 valence electrons. The quantitative estimate of drug-likeness (QED) is 0.851. The first kappa shape index (κ1) is 19.0. The molecule has 1 saturated carbocycles. The summed E-state index contributed by atoms with van der Waals surface area (Å²) in [6.45, 7) is 2.15. The van der Waals surface area contributed by atoms with Crippen LogP contribution in [0, 0.1) is 0 Å². The lowest BCUT2D eigenvalue weighted by molar-refractivity contribution is -0.132. The first-order chi connectivity index (χ1) is 13.0. The average molecular weight is 366 g/mol. The minimum absolute atomic E-state index is 0.0697. The van der Waals surface area contributed by atoms with Crippen LogP contribution in [-0.2, 0) is 11.3 Å². The van der Waals surface area contributed by atoms with Crippen molar-refractivity contribution in [2.24, 2.45) is 5.73 Å². The van der Waals surface area contributed by atoms with Crippen molar-refractivity contribution in [1.29, 1.82) is 0 Å². The number of amides is 2. The molecule has 6 nitrogen and oxygen atoms in total. The van der Waals surface area contributed by atoms with Gasteiger partial charge in [0.05, 0.1) is 5.56 Å². The molecule has 1 aromatic carbocycles. The summed E-state index contributed by atoms with van der Waals surface area (Å²) in [4.78, 5) is 30.4. The molecule has 3 N–H and O–H groups in total. The Morgan fingerprint density at radius 2 is 1.96 bits per heavy atom. The van der Waals surface area contributed by atoms with Crippen molar-refractivity contribution < 1.29 is 9.59 Å². The number of nitrogens with one attached hydrogen (secondary N) is 1. The molecule has 1 aliphatic carbocycles. The summed E-state index contributed by atoms with van der Waals surface area (Å²) in [5.74, 6) is -0.134. The minimum Gasteiger partial charge on any atom is -0.336 e. The molecule has 1 aromatic heterocycles. The zero-order valence-electron chi connectivity index (χ0n) is 15.6. The van der Waals surface area contributed by atoms with Crippen LogP contribution < -0.4 is 11.1 Å². The largest absolute Gasteiger partial charge is 0.336 e. The third-order valence-electron chi connectivity index (χ3n) is 5.05. The minimum atomic E-state index is -0.204. The summed E-state index contributed by atoms with van der Waals surface area (Å²) in [7, 11) is 0. The van der Waals surface area contributed by atoms with Gasteiger partial charge in [0.15, 0.2) is 0 Å². The van der Waals surface area contributed by atoms with Gasteiger partial charge >= 0.3 is 0 Å². The fraction of sp³-hybridized carbons (Fsp3) is 0.381. The van der Waals surface area contributed by atoms with Crippen molar-refractivity contribution in [2.75, 3.05) is 5.32 Å². The van der Waals surface area contributed by atoms with Crippen molar-refractivity contribution in [2.45, 2.75) is 51.2 Å². The number of carbonyl (C=O) groups excluding carboxylic acids is 2. The second kappa shape index (κ2) is 8.77. The highest BCUT2D eigenvalue weighted by Crippen LogP contribution is 2.24. The van der Waals surface area contributed by atoms with Crippen LogP contribution in [0.25, 0.3) is 0 Å². The SMILES string of the molecule is CC(=O)N(Cc1cccc(NC(=O)c2cccnc2)c1)C1CCC(N)CC1. The summed E-state index contributed by atoms with van der Waals surface area (Å²) in [5.41, 5.74) is 8.19. The Balaban J connectivity index is 1.68. The molecule has 0 atom stereocenters. The van der Waals surface area contributed by atoms with Crippen molar-refractivity contribution in [3.8, 4) is 0 Å². The Hall–Kier alpha value is -2.73. The first-order valence-corrected chi connectivity index (χ1v) is 9.36. The zero-order valence-corrected chi connectivity index (χ0v) is 15.6. The third kappa shape index (κ3) is 5.14. The number of rotatable bonds is 5. The number of anilines is 1. The number of nitrogens with two attached hydrogens (primary N) is 1. The maximum atomic E-state index is 12.3. The van der Waals surface area contributed by atoms with E-state index in [9.17, 15) is 9.59 Å². The molecule has 2 aromatic rings. The maximum Gasteiger partial charge on any atom is 0.257 e. The molecule has 1 heterocycles.